The molecule has 2 amide bonds. The molecule has 2 aromatic carbocycles. The van der Waals surface area contributed by atoms with E-state index < -0.39 is 6.04 Å². The van der Waals surface area contributed by atoms with Gasteiger partial charge in [-0.2, -0.15) is 11.8 Å². The summed E-state index contributed by atoms with van der Waals surface area (Å²) in [4.78, 5) is 25.8. The minimum atomic E-state index is -0.575. The predicted octanol–water partition coefficient (Wildman–Crippen LogP) is 3.78. The Morgan fingerprint density at radius 3 is 2.73 bits per heavy atom. The van der Waals surface area contributed by atoms with Crippen molar-refractivity contribution >= 4 is 23.6 Å². The zero-order chi connectivity index (χ0) is 21.3. The molecule has 0 saturated carbocycles. The SMILES string of the molecule is COc1ccccc1C(=O)NC(CCSC)C(=O)NCC1CCCc2ccccc21. The second-order valence-corrected chi connectivity index (χ2v) is 8.53. The summed E-state index contributed by atoms with van der Waals surface area (Å²) in [7, 11) is 1.53. The molecule has 30 heavy (non-hydrogen) atoms. The molecule has 0 aromatic heterocycles. The Morgan fingerprint density at radius 1 is 1.17 bits per heavy atom. The van der Waals surface area contributed by atoms with E-state index in [0.29, 0.717) is 30.2 Å². The lowest BCUT2D eigenvalue weighted by molar-refractivity contribution is -0.123. The van der Waals surface area contributed by atoms with Crippen LogP contribution in [0.3, 0.4) is 0 Å². The summed E-state index contributed by atoms with van der Waals surface area (Å²) in [5, 5.41) is 6.00. The molecule has 0 saturated heterocycles. The third kappa shape index (κ3) is 5.57. The molecule has 0 radical (unpaired) electrons. The maximum atomic E-state index is 13.0. The van der Waals surface area contributed by atoms with Crippen LogP contribution < -0.4 is 15.4 Å². The molecule has 2 unspecified atom stereocenters. The van der Waals surface area contributed by atoms with Crippen molar-refractivity contribution in [2.75, 3.05) is 25.7 Å². The summed E-state index contributed by atoms with van der Waals surface area (Å²) in [6, 6.07) is 15.0. The van der Waals surface area contributed by atoms with Gasteiger partial charge in [-0.3, -0.25) is 9.59 Å². The summed E-state index contributed by atoms with van der Waals surface area (Å²) in [5.74, 6) is 1.19. The summed E-state index contributed by atoms with van der Waals surface area (Å²) < 4.78 is 5.28. The molecule has 6 heteroatoms. The number of benzene rings is 2. The average molecular weight is 427 g/mol. The first-order chi connectivity index (χ1) is 14.6. The van der Waals surface area contributed by atoms with Crippen LogP contribution in [0.2, 0.25) is 0 Å². The first kappa shape index (κ1) is 22.2. The lowest BCUT2D eigenvalue weighted by atomic mass is 9.83. The second kappa shape index (κ2) is 11.1. The molecule has 0 spiro atoms. The fraction of sp³-hybridized carbons (Fsp3) is 0.417. The van der Waals surface area contributed by atoms with Gasteiger partial charge in [0, 0.05) is 12.5 Å². The number of amides is 2. The number of para-hydroxylation sites is 1. The molecule has 1 aliphatic rings. The van der Waals surface area contributed by atoms with Crippen LogP contribution in [0.25, 0.3) is 0 Å². The number of carbonyl (C=O) groups excluding carboxylic acids is 2. The van der Waals surface area contributed by atoms with E-state index in [1.807, 2.05) is 12.3 Å². The van der Waals surface area contributed by atoms with Crippen molar-refractivity contribution in [1.82, 2.24) is 10.6 Å². The number of methoxy groups -OCH3 is 1. The minimum Gasteiger partial charge on any atom is -0.496 e. The van der Waals surface area contributed by atoms with E-state index >= 15 is 0 Å². The molecule has 3 rings (SSSR count). The molecule has 0 fully saturated rings. The van der Waals surface area contributed by atoms with Gasteiger partial charge in [0.15, 0.2) is 0 Å². The second-order valence-electron chi connectivity index (χ2n) is 7.54. The number of carbonyl (C=O) groups is 2. The van der Waals surface area contributed by atoms with Crippen LogP contribution in [0.5, 0.6) is 5.75 Å². The maximum Gasteiger partial charge on any atom is 0.255 e. The highest BCUT2D eigenvalue weighted by atomic mass is 32.2. The van der Waals surface area contributed by atoms with Gasteiger partial charge < -0.3 is 15.4 Å². The number of nitrogens with one attached hydrogen (secondary N) is 2. The molecule has 2 atom stereocenters. The van der Waals surface area contributed by atoms with Crippen molar-refractivity contribution in [1.29, 1.82) is 0 Å². The topological polar surface area (TPSA) is 67.4 Å². The molecule has 0 bridgehead atoms. The molecule has 2 aromatic rings. The van der Waals surface area contributed by atoms with Crippen LogP contribution >= 0.6 is 11.8 Å². The first-order valence-electron chi connectivity index (χ1n) is 10.4. The van der Waals surface area contributed by atoms with Crippen molar-refractivity contribution in [3.8, 4) is 5.75 Å². The minimum absolute atomic E-state index is 0.129. The van der Waals surface area contributed by atoms with E-state index in [1.165, 1.54) is 18.2 Å². The van der Waals surface area contributed by atoms with E-state index in [0.717, 1.165) is 25.0 Å². The Morgan fingerprint density at radius 2 is 1.93 bits per heavy atom. The van der Waals surface area contributed by atoms with Gasteiger partial charge in [-0.15, -0.1) is 0 Å². The summed E-state index contributed by atoms with van der Waals surface area (Å²) in [6.45, 7) is 0.593. The number of hydrogen-bond donors (Lipinski definition) is 2. The first-order valence-corrected chi connectivity index (χ1v) is 11.8. The molecule has 0 aliphatic heterocycles. The van der Waals surface area contributed by atoms with Crippen LogP contribution in [-0.4, -0.2) is 43.5 Å². The van der Waals surface area contributed by atoms with Gasteiger partial charge in [0.25, 0.3) is 5.91 Å². The Hall–Kier alpha value is -2.47. The van der Waals surface area contributed by atoms with E-state index in [4.69, 9.17) is 4.74 Å². The average Bonchev–Trinajstić information content (AvgIpc) is 2.79. The number of ether oxygens (including phenoxy) is 1. The van der Waals surface area contributed by atoms with Gasteiger partial charge >= 0.3 is 0 Å². The Bertz CT molecular complexity index is 871. The van der Waals surface area contributed by atoms with Crippen molar-refractivity contribution in [3.63, 3.8) is 0 Å². The van der Waals surface area contributed by atoms with E-state index in [2.05, 4.69) is 34.9 Å². The van der Waals surface area contributed by atoms with E-state index in [1.54, 1.807) is 30.0 Å². The fourth-order valence-corrected chi connectivity index (χ4v) is 4.46. The number of thioether (sulfide) groups is 1. The standard InChI is InChI=1S/C24H30N2O3S/c1-29-22-13-6-5-12-20(22)23(27)26-21(14-15-30-2)24(28)25-16-18-10-7-9-17-8-3-4-11-19(17)18/h3-6,8,11-13,18,21H,7,9-10,14-16H2,1-2H3,(H,25,28)(H,26,27). The lowest BCUT2D eigenvalue weighted by Crippen LogP contribution is -2.48. The van der Waals surface area contributed by atoms with Crippen LogP contribution in [-0.2, 0) is 11.2 Å². The van der Waals surface area contributed by atoms with Gasteiger partial charge in [0.2, 0.25) is 5.91 Å². The summed E-state index contributed by atoms with van der Waals surface area (Å²) >= 11 is 1.66. The molecule has 0 heterocycles. The molecule has 5 nitrogen and oxygen atoms in total. The van der Waals surface area contributed by atoms with Crippen LogP contribution in [0, 0.1) is 0 Å². The van der Waals surface area contributed by atoms with E-state index in [9.17, 15) is 9.59 Å². The maximum absolute atomic E-state index is 13.0. The number of aryl methyl sites for hydroxylation is 1. The molecular formula is C24H30N2O3S. The number of rotatable bonds is 9. The smallest absolute Gasteiger partial charge is 0.255 e. The highest BCUT2D eigenvalue weighted by Crippen LogP contribution is 2.30. The van der Waals surface area contributed by atoms with Crippen LogP contribution in [0.1, 0.15) is 46.7 Å². The number of fused-ring (bicyclic) bond motifs is 1. The fourth-order valence-electron chi connectivity index (χ4n) is 3.99. The zero-order valence-corrected chi connectivity index (χ0v) is 18.5. The van der Waals surface area contributed by atoms with E-state index in [-0.39, 0.29) is 11.8 Å². The zero-order valence-electron chi connectivity index (χ0n) is 17.6. The quantitative estimate of drug-likeness (QED) is 0.640. The predicted molar refractivity (Wildman–Crippen MR) is 122 cm³/mol. The van der Waals surface area contributed by atoms with Crippen molar-refractivity contribution < 1.29 is 14.3 Å². The number of hydrogen-bond acceptors (Lipinski definition) is 4. The van der Waals surface area contributed by atoms with Gasteiger partial charge in [-0.1, -0.05) is 36.4 Å². The van der Waals surface area contributed by atoms with Crippen molar-refractivity contribution in [3.05, 3.63) is 65.2 Å². The van der Waals surface area contributed by atoms with Gasteiger partial charge in [0.1, 0.15) is 11.8 Å². The van der Waals surface area contributed by atoms with Crippen LogP contribution in [0.4, 0.5) is 0 Å². The molecule has 1 aliphatic carbocycles. The lowest BCUT2D eigenvalue weighted by Gasteiger charge is -2.27. The Labute approximate surface area is 183 Å². The summed E-state index contributed by atoms with van der Waals surface area (Å²) in [5.41, 5.74) is 3.15. The third-order valence-electron chi connectivity index (χ3n) is 5.60. The largest absolute Gasteiger partial charge is 0.496 e. The monoisotopic (exact) mass is 426 g/mol. The summed E-state index contributed by atoms with van der Waals surface area (Å²) in [6.07, 6.45) is 5.88. The third-order valence-corrected chi connectivity index (χ3v) is 6.24. The highest BCUT2D eigenvalue weighted by molar-refractivity contribution is 7.98. The molecular weight excluding hydrogens is 396 g/mol. The van der Waals surface area contributed by atoms with Crippen molar-refractivity contribution in [2.24, 2.45) is 0 Å². The molecule has 160 valence electrons. The Balaban J connectivity index is 1.65. The molecule has 2 N–H and O–H groups in total. The highest BCUT2D eigenvalue weighted by Gasteiger charge is 2.25. The van der Waals surface area contributed by atoms with Crippen molar-refractivity contribution in [2.45, 2.75) is 37.6 Å². The normalized spacial score (nSPS) is 16.3. The Kier molecular flexibility index (Phi) is 8.20. The van der Waals surface area contributed by atoms with Crippen LogP contribution in [0.15, 0.2) is 48.5 Å². The van der Waals surface area contributed by atoms with Gasteiger partial charge in [-0.05, 0) is 61.0 Å². The van der Waals surface area contributed by atoms with Gasteiger partial charge in [0.05, 0.1) is 12.7 Å². The van der Waals surface area contributed by atoms with Gasteiger partial charge in [-0.25, -0.2) is 0 Å².